The Kier molecular flexibility index (Phi) is 62.9. The van der Waals surface area contributed by atoms with Gasteiger partial charge in [0.2, 0.25) is 0 Å². The highest BCUT2D eigenvalue weighted by Gasteiger charge is 2.19. The zero-order valence-electron chi connectivity index (χ0n) is 51.8. The third kappa shape index (κ3) is 64.1. The van der Waals surface area contributed by atoms with Gasteiger partial charge in [0.25, 0.3) is 0 Å². The maximum Gasteiger partial charge on any atom is 0.306 e. The summed E-state index contributed by atoms with van der Waals surface area (Å²) in [6.45, 7) is 6.38. The van der Waals surface area contributed by atoms with E-state index in [0.717, 1.165) is 148 Å². The fourth-order valence-corrected chi connectivity index (χ4v) is 8.74. The summed E-state index contributed by atoms with van der Waals surface area (Å²) in [7, 11) is 0. The molecule has 0 N–H and O–H groups in total. The molecule has 0 aromatic carbocycles. The molecule has 452 valence electrons. The van der Waals surface area contributed by atoms with Gasteiger partial charge in [0.05, 0.1) is 0 Å². The van der Waals surface area contributed by atoms with Crippen molar-refractivity contribution >= 4 is 17.9 Å². The molecule has 0 aliphatic carbocycles. The Hall–Kier alpha value is -4.71. The first-order valence-electron chi connectivity index (χ1n) is 32.8. The van der Waals surface area contributed by atoms with Crippen molar-refractivity contribution < 1.29 is 28.6 Å². The van der Waals surface area contributed by atoms with Gasteiger partial charge in [-0.3, -0.25) is 14.4 Å². The van der Waals surface area contributed by atoms with Crippen molar-refractivity contribution in [3.8, 4) is 0 Å². The molecule has 0 aliphatic heterocycles. The standard InChI is InChI=1S/C74H120O6/c1-4-7-10-13-16-19-22-25-27-29-31-33-35-37-39-41-43-45-47-49-52-55-58-61-64-67-73(76)79-70-71(69-78-72(75)66-63-60-57-54-51-24-21-18-15-12-9-6-3)80-74(77)68-65-62-59-56-53-50-48-46-44-42-40-38-36-34-32-30-28-26-23-20-17-14-11-8-5-2/h7-8,10-11,16-17,19-20,25-28,31-34,37-40,43,45,49,52,71H,4-6,9,12-15,18,21-24,29-30,35-36,41-42,44,46-48,50-51,53-70H2,1-3H3/b10-7-,11-8-,19-16-,20-17-,27-25-,28-26-,33-31-,34-32-,39-37-,40-38-,45-43-,52-49-. The van der Waals surface area contributed by atoms with Crippen molar-refractivity contribution in [1.82, 2.24) is 0 Å². The maximum atomic E-state index is 12.9. The minimum atomic E-state index is -0.801. The molecule has 0 bridgehead atoms. The van der Waals surface area contributed by atoms with Gasteiger partial charge in [-0.2, -0.15) is 0 Å². The third-order valence-electron chi connectivity index (χ3n) is 13.6. The van der Waals surface area contributed by atoms with Crippen LogP contribution in [0.15, 0.2) is 146 Å². The second kappa shape index (κ2) is 66.8. The number of hydrogen-bond acceptors (Lipinski definition) is 6. The van der Waals surface area contributed by atoms with Gasteiger partial charge in [0.15, 0.2) is 6.10 Å². The van der Waals surface area contributed by atoms with Crippen molar-refractivity contribution in [2.75, 3.05) is 13.2 Å². The van der Waals surface area contributed by atoms with Crippen LogP contribution in [0.3, 0.4) is 0 Å². The lowest BCUT2D eigenvalue weighted by Crippen LogP contribution is -2.30. The van der Waals surface area contributed by atoms with E-state index >= 15 is 0 Å². The first-order valence-corrected chi connectivity index (χ1v) is 32.8. The van der Waals surface area contributed by atoms with Gasteiger partial charge < -0.3 is 14.2 Å². The van der Waals surface area contributed by atoms with Crippen LogP contribution in [0.4, 0.5) is 0 Å². The van der Waals surface area contributed by atoms with Crippen LogP contribution in [-0.2, 0) is 28.6 Å². The number of rotatable bonds is 58. The molecule has 0 spiro atoms. The quantitative estimate of drug-likeness (QED) is 0.0261. The predicted octanol–water partition coefficient (Wildman–Crippen LogP) is 22.7. The second-order valence-corrected chi connectivity index (χ2v) is 21.3. The summed E-state index contributed by atoms with van der Waals surface area (Å²) >= 11 is 0. The topological polar surface area (TPSA) is 78.9 Å². The molecule has 0 saturated heterocycles. The molecule has 0 heterocycles. The molecule has 0 fully saturated rings. The van der Waals surface area contributed by atoms with Crippen LogP contribution in [0.5, 0.6) is 0 Å². The Balaban J connectivity index is 4.41. The van der Waals surface area contributed by atoms with Crippen LogP contribution in [0.25, 0.3) is 0 Å². The summed E-state index contributed by atoms with van der Waals surface area (Å²) in [5.41, 5.74) is 0. The Morgan fingerprint density at radius 1 is 0.263 bits per heavy atom. The van der Waals surface area contributed by atoms with Gasteiger partial charge in [-0.15, -0.1) is 0 Å². The van der Waals surface area contributed by atoms with Gasteiger partial charge in [-0.25, -0.2) is 0 Å². The summed E-state index contributed by atoms with van der Waals surface area (Å²) in [5.74, 6) is -0.932. The average Bonchev–Trinajstić information content (AvgIpc) is 3.46. The van der Waals surface area contributed by atoms with E-state index in [1.54, 1.807) is 0 Å². The van der Waals surface area contributed by atoms with Gasteiger partial charge in [0.1, 0.15) is 13.2 Å². The number of carbonyl (C=O) groups is 3. The molecule has 1 unspecified atom stereocenters. The highest BCUT2D eigenvalue weighted by molar-refractivity contribution is 5.71. The summed E-state index contributed by atoms with van der Waals surface area (Å²) in [4.78, 5) is 38.3. The van der Waals surface area contributed by atoms with Crippen LogP contribution in [0.1, 0.15) is 284 Å². The molecule has 0 amide bonds. The normalized spacial score (nSPS) is 13.1. The summed E-state index contributed by atoms with van der Waals surface area (Å²) in [6.07, 6.45) is 95.6. The van der Waals surface area contributed by atoms with E-state index < -0.39 is 6.10 Å². The minimum absolute atomic E-state index is 0.0939. The lowest BCUT2D eigenvalue weighted by Gasteiger charge is -2.18. The zero-order chi connectivity index (χ0) is 57.8. The SMILES string of the molecule is CC/C=C\C/C=C\C/C=C\C/C=C\C/C=C\C/C=C\C/C=C\CCCCCC(=O)OCC(COC(=O)CCCCCCCCCCCCCC)OC(=O)CCCCCCCCCCC/C=C\C/C=C\C/C=C\C/C=C\C/C=C\CC. The number of carbonyl (C=O) groups excluding carboxylic acids is 3. The van der Waals surface area contributed by atoms with Crippen molar-refractivity contribution in [1.29, 1.82) is 0 Å². The molecule has 0 aromatic rings. The van der Waals surface area contributed by atoms with Crippen LogP contribution in [0, 0.1) is 0 Å². The maximum absolute atomic E-state index is 12.9. The number of unbranched alkanes of at least 4 members (excludes halogenated alkanes) is 23. The first kappa shape index (κ1) is 75.3. The molecule has 0 aliphatic rings. The lowest BCUT2D eigenvalue weighted by molar-refractivity contribution is -0.167. The molecular weight excluding hydrogens is 985 g/mol. The Morgan fingerprint density at radius 2 is 0.487 bits per heavy atom. The van der Waals surface area contributed by atoms with E-state index in [0.29, 0.717) is 19.3 Å². The Labute approximate surface area is 493 Å². The number of hydrogen-bond donors (Lipinski definition) is 0. The molecule has 0 rings (SSSR count). The van der Waals surface area contributed by atoms with Gasteiger partial charge in [-0.1, -0.05) is 289 Å². The number of esters is 3. The summed E-state index contributed by atoms with van der Waals surface area (Å²) in [6, 6.07) is 0. The van der Waals surface area contributed by atoms with Crippen LogP contribution >= 0.6 is 0 Å². The van der Waals surface area contributed by atoms with E-state index in [-0.39, 0.29) is 31.1 Å². The fraction of sp³-hybridized carbons (Fsp3) is 0.635. The average molecular weight is 1110 g/mol. The molecular formula is C74H120O6. The smallest absolute Gasteiger partial charge is 0.306 e. The van der Waals surface area contributed by atoms with Gasteiger partial charge in [-0.05, 0) is 122 Å². The molecule has 1 atom stereocenters. The molecule has 0 aromatic heterocycles. The van der Waals surface area contributed by atoms with E-state index in [2.05, 4.69) is 167 Å². The number of allylic oxidation sites excluding steroid dienone is 24. The summed E-state index contributed by atoms with van der Waals surface area (Å²) in [5, 5.41) is 0. The van der Waals surface area contributed by atoms with Crippen molar-refractivity contribution in [3.63, 3.8) is 0 Å². The van der Waals surface area contributed by atoms with Crippen molar-refractivity contribution in [3.05, 3.63) is 146 Å². The van der Waals surface area contributed by atoms with Gasteiger partial charge >= 0.3 is 17.9 Å². The first-order chi connectivity index (χ1) is 39.5. The molecule has 6 nitrogen and oxygen atoms in total. The van der Waals surface area contributed by atoms with Crippen molar-refractivity contribution in [2.24, 2.45) is 0 Å². The number of ether oxygens (including phenoxy) is 3. The molecule has 0 radical (unpaired) electrons. The van der Waals surface area contributed by atoms with Crippen LogP contribution in [-0.4, -0.2) is 37.2 Å². The Bertz CT molecular complexity index is 1750. The second-order valence-electron chi connectivity index (χ2n) is 21.3. The molecule has 0 saturated carbocycles. The summed E-state index contributed by atoms with van der Waals surface area (Å²) < 4.78 is 16.9. The minimum Gasteiger partial charge on any atom is -0.462 e. The lowest BCUT2D eigenvalue weighted by atomic mass is 10.0. The Morgan fingerprint density at radius 3 is 0.775 bits per heavy atom. The fourth-order valence-electron chi connectivity index (χ4n) is 8.74. The largest absolute Gasteiger partial charge is 0.462 e. The monoisotopic (exact) mass is 1100 g/mol. The highest BCUT2D eigenvalue weighted by Crippen LogP contribution is 2.15. The van der Waals surface area contributed by atoms with Gasteiger partial charge in [0, 0.05) is 19.3 Å². The predicted molar refractivity (Wildman–Crippen MR) is 348 cm³/mol. The van der Waals surface area contributed by atoms with Crippen LogP contribution in [0.2, 0.25) is 0 Å². The van der Waals surface area contributed by atoms with E-state index in [4.69, 9.17) is 14.2 Å². The zero-order valence-corrected chi connectivity index (χ0v) is 51.8. The van der Waals surface area contributed by atoms with Crippen molar-refractivity contribution in [2.45, 2.75) is 290 Å². The van der Waals surface area contributed by atoms with E-state index in [1.165, 1.54) is 96.3 Å². The third-order valence-corrected chi connectivity index (χ3v) is 13.6. The van der Waals surface area contributed by atoms with E-state index in [9.17, 15) is 14.4 Å². The highest BCUT2D eigenvalue weighted by atomic mass is 16.6. The van der Waals surface area contributed by atoms with Crippen LogP contribution < -0.4 is 0 Å². The molecule has 80 heavy (non-hydrogen) atoms. The van der Waals surface area contributed by atoms with E-state index in [1.807, 2.05) is 0 Å². The molecule has 6 heteroatoms.